The number of hydrogen-bond donors (Lipinski definition) is 0. The zero-order valence-corrected chi connectivity index (χ0v) is 23.5. The number of methoxy groups -OCH3 is 2. The maximum absolute atomic E-state index is 13.3. The van der Waals surface area contributed by atoms with E-state index in [-0.39, 0.29) is 12.2 Å². The van der Waals surface area contributed by atoms with Gasteiger partial charge >= 0.3 is 0 Å². The van der Waals surface area contributed by atoms with Crippen molar-refractivity contribution in [2.45, 2.75) is 26.4 Å². The van der Waals surface area contributed by atoms with Crippen molar-refractivity contribution in [3.63, 3.8) is 0 Å². The lowest BCUT2D eigenvalue weighted by atomic mass is 10.2. The predicted octanol–water partition coefficient (Wildman–Crippen LogP) is 6.90. The molecule has 3 aromatic carbocycles. The molecule has 0 radical (unpaired) electrons. The molecule has 192 valence electrons. The van der Waals surface area contributed by atoms with Crippen LogP contribution in [0.25, 0.3) is 10.9 Å². The molecule has 0 unspecified atom stereocenters. The Morgan fingerprint density at radius 3 is 2.41 bits per heavy atom. The Morgan fingerprint density at radius 2 is 1.76 bits per heavy atom. The largest absolute Gasteiger partial charge is 0.493 e. The molecule has 0 N–H and O–H groups in total. The first kappa shape index (κ1) is 27.0. The first-order valence-electron chi connectivity index (χ1n) is 11.4. The summed E-state index contributed by atoms with van der Waals surface area (Å²) in [6, 6.07) is 14.2. The maximum atomic E-state index is 13.3. The van der Waals surface area contributed by atoms with E-state index in [9.17, 15) is 4.79 Å². The molecule has 0 saturated carbocycles. The molecule has 0 aliphatic carbocycles. The summed E-state index contributed by atoms with van der Waals surface area (Å²) >= 11 is 15.5. The first-order valence-corrected chi connectivity index (χ1v) is 13.0. The van der Waals surface area contributed by atoms with Gasteiger partial charge in [0, 0.05) is 16.5 Å². The third kappa shape index (κ3) is 6.09. The van der Waals surface area contributed by atoms with Crippen molar-refractivity contribution in [3.8, 4) is 17.2 Å². The van der Waals surface area contributed by atoms with Crippen LogP contribution in [-0.2, 0) is 13.0 Å². The zero-order chi connectivity index (χ0) is 26.5. The van der Waals surface area contributed by atoms with Crippen LogP contribution in [0.2, 0.25) is 10.0 Å². The fourth-order valence-corrected chi connectivity index (χ4v) is 4.41. The highest BCUT2D eigenvalue weighted by Gasteiger charge is 2.15. The highest BCUT2D eigenvalue weighted by molar-refractivity contribution is 9.10. The Labute approximate surface area is 232 Å². The number of aromatic nitrogens is 2. The Hall–Kier alpha value is -3.07. The molecule has 0 amide bonds. The van der Waals surface area contributed by atoms with Crippen LogP contribution in [0.1, 0.15) is 30.3 Å². The van der Waals surface area contributed by atoms with Crippen LogP contribution in [0.4, 0.5) is 0 Å². The molecule has 37 heavy (non-hydrogen) atoms. The molecule has 0 fully saturated rings. The van der Waals surface area contributed by atoms with Crippen LogP contribution in [0.3, 0.4) is 0 Å². The second kappa shape index (κ2) is 12.0. The molecule has 7 nitrogen and oxygen atoms in total. The molecule has 0 aliphatic rings. The number of halogens is 3. The summed E-state index contributed by atoms with van der Waals surface area (Å²) in [5, 5.41) is 5.89. The second-order valence-electron chi connectivity index (χ2n) is 8.09. The predicted molar refractivity (Wildman–Crippen MR) is 151 cm³/mol. The summed E-state index contributed by atoms with van der Waals surface area (Å²) in [6.45, 7) is 2.25. The third-order valence-corrected chi connectivity index (χ3v) is 6.75. The molecule has 0 saturated heterocycles. The van der Waals surface area contributed by atoms with Crippen molar-refractivity contribution < 1.29 is 14.2 Å². The minimum atomic E-state index is -0.244. The molecule has 0 spiro atoms. The van der Waals surface area contributed by atoms with E-state index in [1.807, 2.05) is 25.1 Å². The van der Waals surface area contributed by atoms with E-state index in [4.69, 9.17) is 37.4 Å². The Bertz CT molecular complexity index is 1510. The van der Waals surface area contributed by atoms with E-state index < -0.39 is 0 Å². The van der Waals surface area contributed by atoms with E-state index in [1.165, 1.54) is 18.9 Å². The molecule has 4 aromatic rings. The van der Waals surface area contributed by atoms with Gasteiger partial charge in [0.15, 0.2) is 11.5 Å². The summed E-state index contributed by atoms with van der Waals surface area (Å²) in [5.74, 6) is 1.90. The summed E-state index contributed by atoms with van der Waals surface area (Å²) < 4.78 is 19.3. The number of fused-ring (bicyclic) bond motifs is 1. The van der Waals surface area contributed by atoms with Crippen LogP contribution < -0.4 is 19.8 Å². The Balaban J connectivity index is 1.69. The lowest BCUT2D eigenvalue weighted by Gasteiger charge is -2.15. The average Bonchev–Trinajstić information content (AvgIpc) is 2.89. The van der Waals surface area contributed by atoms with E-state index in [0.29, 0.717) is 56.0 Å². The smallest absolute Gasteiger partial charge is 0.282 e. The van der Waals surface area contributed by atoms with E-state index in [2.05, 4.69) is 26.0 Å². The van der Waals surface area contributed by atoms with Crippen LogP contribution in [0, 0.1) is 0 Å². The summed E-state index contributed by atoms with van der Waals surface area (Å²) in [5.41, 5.74) is 1.88. The van der Waals surface area contributed by atoms with Gasteiger partial charge in [-0.2, -0.15) is 9.78 Å². The molecule has 1 aromatic heterocycles. The van der Waals surface area contributed by atoms with E-state index in [1.54, 1.807) is 36.5 Å². The number of rotatable bonds is 9. The highest BCUT2D eigenvalue weighted by atomic mass is 79.9. The molecule has 0 aliphatic heterocycles. The normalized spacial score (nSPS) is 11.3. The van der Waals surface area contributed by atoms with Gasteiger partial charge in [-0.15, -0.1) is 0 Å². The summed E-state index contributed by atoms with van der Waals surface area (Å²) in [6.07, 6.45) is 2.99. The second-order valence-corrected chi connectivity index (χ2v) is 9.82. The summed E-state index contributed by atoms with van der Waals surface area (Å²) in [4.78, 5) is 17.9. The minimum absolute atomic E-state index is 0.227. The van der Waals surface area contributed by atoms with Gasteiger partial charge in [0.05, 0.1) is 41.4 Å². The quantitative estimate of drug-likeness (QED) is 0.194. The van der Waals surface area contributed by atoms with E-state index in [0.717, 1.165) is 16.5 Å². The van der Waals surface area contributed by atoms with Gasteiger partial charge < -0.3 is 14.2 Å². The lowest BCUT2D eigenvalue weighted by Crippen LogP contribution is -2.22. The standard InChI is InChI=1S/C27H24BrCl2N3O4/c1-4-5-25-32-22-9-7-18(28)13-19(22)27(34)33(25)31-14-17-11-23(35-2)26(24(12-17)36-3)37-15-16-6-8-20(29)21(30)10-16/h6-14H,4-5,15H2,1-3H3. The fraction of sp³-hybridized carbons (Fsp3) is 0.222. The molecule has 4 rings (SSSR count). The van der Waals surface area contributed by atoms with E-state index >= 15 is 0 Å². The van der Waals surface area contributed by atoms with Gasteiger partial charge in [0.1, 0.15) is 12.4 Å². The van der Waals surface area contributed by atoms with Crippen LogP contribution in [0.15, 0.2) is 62.9 Å². The van der Waals surface area contributed by atoms with Crippen molar-refractivity contribution >= 4 is 56.2 Å². The van der Waals surface area contributed by atoms with Crippen molar-refractivity contribution in [1.29, 1.82) is 0 Å². The highest BCUT2D eigenvalue weighted by Crippen LogP contribution is 2.39. The van der Waals surface area contributed by atoms with Crippen LogP contribution in [0.5, 0.6) is 17.2 Å². The van der Waals surface area contributed by atoms with Crippen molar-refractivity contribution in [3.05, 3.63) is 90.4 Å². The molecular formula is C27H24BrCl2N3O4. The first-order chi connectivity index (χ1) is 17.8. The number of aryl methyl sites for hydroxylation is 1. The zero-order valence-electron chi connectivity index (χ0n) is 20.4. The molecule has 10 heteroatoms. The average molecular weight is 605 g/mol. The van der Waals surface area contributed by atoms with Gasteiger partial charge in [-0.3, -0.25) is 4.79 Å². The monoisotopic (exact) mass is 603 g/mol. The third-order valence-electron chi connectivity index (χ3n) is 5.52. The molecular weight excluding hydrogens is 581 g/mol. The van der Waals surface area contributed by atoms with Crippen molar-refractivity contribution in [1.82, 2.24) is 9.66 Å². The lowest BCUT2D eigenvalue weighted by molar-refractivity contribution is 0.266. The van der Waals surface area contributed by atoms with Crippen LogP contribution in [-0.4, -0.2) is 30.1 Å². The van der Waals surface area contributed by atoms with Gasteiger partial charge in [-0.1, -0.05) is 52.1 Å². The fourth-order valence-electron chi connectivity index (χ4n) is 3.73. The number of hydrogen-bond acceptors (Lipinski definition) is 6. The van der Waals surface area contributed by atoms with Gasteiger partial charge in [0.2, 0.25) is 5.75 Å². The van der Waals surface area contributed by atoms with Crippen molar-refractivity contribution in [2.24, 2.45) is 5.10 Å². The SMILES string of the molecule is CCCc1nc2ccc(Br)cc2c(=O)n1N=Cc1cc(OC)c(OCc2ccc(Cl)c(Cl)c2)c(OC)c1. The molecule has 0 bridgehead atoms. The van der Waals surface area contributed by atoms with Gasteiger partial charge in [-0.25, -0.2) is 4.98 Å². The Morgan fingerprint density at radius 1 is 1.03 bits per heavy atom. The molecule has 1 heterocycles. The number of nitrogens with zero attached hydrogens (tertiary/aromatic N) is 3. The van der Waals surface area contributed by atoms with Gasteiger partial charge in [0.25, 0.3) is 5.56 Å². The number of benzene rings is 3. The van der Waals surface area contributed by atoms with Gasteiger partial charge in [-0.05, 0) is 54.4 Å². The maximum Gasteiger partial charge on any atom is 0.282 e. The Kier molecular flexibility index (Phi) is 8.74. The minimum Gasteiger partial charge on any atom is -0.493 e. The van der Waals surface area contributed by atoms with Crippen molar-refractivity contribution in [2.75, 3.05) is 14.2 Å². The topological polar surface area (TPSA) is 74.9 Å². The van der Waals surface area contributed by atoms with Crippen LogP contribution >= 0.6 is 39.1 Å². The number of ether oxygens (including phenoxy) is 3. The molecule has 0 atom stereocenters. The summed E-state index contributed by atoms with van der Waals surface area (Å²) in [7, 11) is 3.08.